The maximum Gasteiger partial charge on any atom is 0.144 e. The average Bonchev–Trinajstić information content (AvgIpc) is 2.54. The Morgan fingerprint density at radius 3 is 2.68 bits per heavy atom. The predicted octanol–water partition coefficient (Wildman–Crippen LogP) is 3.77. The number of nitrogens with one attached hydrogen (secondary N) is 1. The van der Waals surface area contributed by atoms with Crippen molar-refractivity contribution >= 4 is 34.0 Å². The number of carbonyl (C=O) groups is 2. The van der Waals surface area contributed by atoms with Crippen molar-refractivity contribution in [2.45, 2.75) is 26.7 Å². The molecule has 0 fully saturated rings. The number of aryl methyl sites for hydroxylation is 1. The largest absolute Gasteiger partial charge is 0.340 e. The molecule has 0 saturated heterocycles. The molecule has 0 aliphatic carbocycles. The van der Waals surface area contributed by atoms with Gasteiger partial charge in [-0.2, -0.15) is 0 Å². The van der Waals surface area contributed by atoms with Crippen LogP contribution in [-0.4, -0.2) is 21.5 Å². The van der Waals surface area contributed by atoms with E-state index in [9.17, 15) is 9.59 Å². The first kappa shape index (κ1) is 16.8. The molecule has 2 aromatic carbocycles. The molecular weight excluding hydrogens is 314 g/mol. The Hall–Kier alpha value is -3.08. The molecule has 0 aliphatic rings. The van der Waals surface area contributed by atoms with Crippen molar-refractivity contribution < 1.29 is 9.59 Å². The molecule has 3 rings (SSSR count). The van der Waals surface area contributed by atoms with E-state index in [4.69, 9.17) is 0 Å². The van der Waals surface area contributed by atoms with Crippen LogP contribution < -0.4 is 5.32 Å². The van der Waals surface area contributed by atoms with Gasteiger partial charge in [0.15, 0.2) is 0 Å². The molecule has 126 valence electrons. The van der Waals surface area contributed by atoms with Crippen LogP contribution in [0.2, 0.25) is 0 Å². The zero-order valence-electron chi connectivity index (χ0n) is 14.2. The topological polar surface area (TPSA) is 72.0 Å². The van der Waals surface area contributed by atoms with Crippen LogP contribution in [-0.2, 0) is 16.0 Å². The van der Waals surface area contributed by atoms with E-state index in [2.05, 4.69) is 15.3 Å². The van der Waals surface area contributed by atoms with Crippen LogP contribution in [0.1, 0.15) is 24.5 Å². The number of Topliss-reactive ketones (excluding diaryl/α,β-unsaturated/α-hetero) is 2. The van der Waals surface area contributed by atoms with Crippen molar-refractivity contribution in [1.29, 1.82) is 0 Å². The summed E-state index contributed by atoms with van der Waals surface area (Å²) in [5.41, 5.74) is 3.74. The molecule has 0 spiro atoms. The summed E-state index contributed by atoms with van der Waals surface area (Å²) in [5.74, 6) is 0.490. The monoisotopic (exact) mass is 333 g/mol. The molecule has 5 heteroatoms. The molecule has 0 bridgehead atoms. The number of hydrogen-bond donors (Lipinski definition) is 1. The number of ketones is 2. The fourth-order valence-corrected chi connectivity index (χ4v) is 2.74. The maximum absolute atomic E-state index is 11.9. The van der Waals surface area contributed by atoms with Crippen LogP contribution in [0.25, 0.3) is 10.9 Å². The van der Waals surface area contributed by atoms with Crippen LogP contribution >= 0.6 is 0 Å². The van der Waals surface area contributed by atoms with Gasteiger partial charge in [0.05, 0.1) is 11.9 Å². The normalized spacial score (nSPS) is 10.6. The molecule has 3 aromatic rings. The van der Waals surface area contributed by atoms with Crippen LogP contribution in [0.15, 0.2) is 48.8 Å². The highest BCUT2D eigenvalue weighted by Crippen LogP contribution is 2.24. The highest BCUT2D eigenvalue weighted by molar-refractivity contribution is 5.99. The molecule has 0 saturated carbocycles. The molecule has 0 radical (unpaired) electrons. The molecular formula is C20H19N3O2. The third-order valence-electron chi connectivity index (χ3n) is 3.83. The van der Waals surface area contributed by atoms with E-state index in [0.717, 1.165) is 27.7 Å². The number of nitrogens with zero attached hydrogens (tertiary/aromatic N) is 2. The summed E-state index contributed by atoms with van der Waals surface area (Å²) in [6.07, 6.45) is 1.72. The second-order valence-corrected chi connectivity index (χ2v) is 6.16. The van der Waals surface area contributed by atoms with Crippen molar-refractivity contribution in [3.63, 3.8) is 0 Å². The van der Waals surface area contributed by atoms with E-state index >= 15 is 0 Å². The third-order valence-corrected chi connectivity index (χ3v) is 3.83. The number of carbonyl (C=O) groups excluding carboxylic acids is 2. The number of anilines is 2. The van der Waals surface area contributed by atoms with Crippen LogP contribution in [0.3, 0.4) is 0 Å². The zero-order chi connectivity index (χ0) is 17.8. The summed E-state index contributed by atoms with van der Waals surface area (Å²) < 4.78 is 0. The van der Waals surface area contributed by atoms with Crippen molar-refractivity contribution in [1.82, 2.24) is 9.97 Å². The first-order chi connectivity index (χ1) is 12.0. The van der Waals surface area contributed by atoms with Gasteiger partial charge in [0, 0.05) is 17.5 Å². The number of benzene rings is 2. The smallest absolute Gasteiger partial charge is 0.144 e. The van der Waals surface area contributed by atoms with Gasteiger partial charge in [-0.25, -0.2) is 9.97 Å². The fourth-order valence-electron chi connectivity index (χ4n) is 2.74. The Labute approximate surface area is 146 Å². The zero-order valence-corrected chi connectivity index (χ0v) is 14.2. The van der Waals surface area contributed by atoms with Crippen molar-refractivity contribution in [3.05, 3.63) is 59.9 Å². The van der Waals surface area contributed by atoms with Crippen molar-refractivity contribution in [3.8, 4) is 0 Å². The Bertz CT molecular complexity index is 951. The van der Waals surface area contributed by atoms with Crippen molar-refractivity contribution in [2.24, 2.45) is 0 Å². The first-order valence-corrected chi connectivity index (χ1v) is 8.10. The van der Waals surface area contributed by atoms with E-state index in [-0.39, 0.29) is 24.4 Å². The van der Waals surface area contributed by atoms with E-state index in [1.165, 1.54) is 13.3 Å². The lowest BCUT2D eigenvalue weighted by Gasteiger charge is -2.10. The van der Waals surface area contributed by atoms with Gasteiger partial charge in [0.1, 0.15) is 23.7 Å². The number of hydrogen-bond acceptors (Lipinski definition) is 5. The summed E-state index contributed by atoms with van der Waals surface area (Å²) in [7, 11) is 0. The second-order valence-electron chi connectivity index (χ2n) is 6.16. The van der Waals surface area contributed by atoms with Gasteiger partial charge in [-0.3, -0.25) is 9.59 Å². The Balaban J connectivity index is 1.92. The second kappa shape index (κ2) is 7.21. The van der Waals surface area contributed by atoms with Crippen LogP contribution in [0.4, 0.5) is 11.5 Å². The van der Waals surface area contributed by atoms with E-state index < -0.39 is 0 Å². The van der Waals surface area contributed by atoms with Gasteiger partial charge < -0.3 is 5.32 Å². The molecule has 1 N–H and O–H groups in total. The van der Waals surface area contributed by atoms with Gasteiger partial charge in [-0.1, -0.05) is 18.2 Å². The Morgan fingerprint density at radius 1 is 1.08 bits per heavy atom. The SMILES string of the molecule is CC(=O)CC(=O)Cc1ccc2ncnc(Nc3cccc(C)c3)c2c1. The van der Waals surface area contributed by atoms with Gasteiger partial charge in [-0.05, 0) is 49.2 Å². The summed E-state index contributed by atoms with van der Waals surface area (Å²) in [6, 6.07) is 13.7. The highest BCUT2D eigenvalue weighted by Gasteiger charge is 2.10. The fraction of sp³-hybridized carbons (Fsp3) is 0.200. The Morgan fingerprint density at radius 2 is 1.92 bits per heavy atom. The molecule has 25 heavy (non-hydrogen) atoms. The lowest BCUT2D eigenvalue weighted by molar-refractivity contribution is -0.125. The molecule has 0 unspecified atom stereocenters. The molecule has 1 heterocycles. The van der Waals surface area contributed by atoms with Crippen LogP contribution in [0, 0.1) is 6.92 Å². The Kier molecular flexibility index (Phi) is 4.84. The quantitative estimate of drug-likeness (QED) is 0.695. The average molecular weight is 333 g/mol. The minimum atomic E-state index is -0.115. The van der Waals surface area contributed by atoms with Gasteiger partial charge in [0.2, 0.25) is 0 Å². The van der Waals surface area contributed by atoms with E-state index in [1.807, 2.05) is 49.4 Å². The van der Waals surface area contributed by atoms with Crippen LogP contribution in [0.5, 0.6) is 0 Å². The lowest BCUT2D eigenvalue weighted by Crippen LogP contribution is -2.07. The maximum atomic E-state index is 11.9. The van der Waals surface area contributed by atoms with Gasteiger partial charge >= 0.3 is 0 Å². The molecule has 1 aromatic heterocycles. The summed E-state index contributed by atoms with van der Waals surface area (Å²) in [6.45, 7) is 3.46. The standard InChI is InChI=1S/C20H19N3O2/c1-13-4-3-5-16(8-13)23-20-18-11-15(10-17(25)9-14(2)24)6-7-19(18)21-12-22-20/h3-8,11-12H,9-10H2,1-2H3,(H,21,22,23). The number of rotatable bonds is 6. The van der Waals surface area contributed by atoms with E-state index in [0.29, 0.717) is 5.82 Å². The summed E-state index contributed by atoms with van der Waals surface area (Å²) >= 11 is 0. The molecule has 0 aliphatic heterocycles. The first-order valence-electron chi connectivity index (χ1n) is 8.10. The van der Waals surface area contributed by atoms with Crippen molar-refractivity contribution in [2.75, 3.05) is 5.32 Å². The molecule has 0 atom stereocenters. The minimum absolute atomic E-state index is 0.0300. The number of fused-ring (bicyclic) bond motifs is 1. The summed E-state index contributed by atoms with van der Waals surface area (Å²) in [5, 5.41) is 4.15. The number of aromatic nitrogens is 2. The summed E-state index contributed by atoms with van der Waals surface area (Å²) in [4.78, 5) is 31.6. The minimum Gasteiger partial charge on any atom is -0.340 e. The predicted molar refractivity (Wildman–Crippen MR) is 98.0 cm³/mol. The molecule has 0 amide bonds. The highest BCUT2D eigenvalue weighted by atomic mass is 16.1. The third kappa shape index (κ3) is 4.26. The van der Waals surface area contributed by atoms with E-state index in [1.54, 1.807) is 0 Å². The lowest BCUT2D eigenvalue weighted by atomic mass is 10.0. The molecule has 5 nitrogen and oxygen atoms in total. The van der Waals surface area contributed by atoms with Gasteiger partial charge in [0.25, 0.3) is 0 Å². The van der Waals surface area contributed by atoms with Gasteiger partial charge in [-0.15, -0.1) is 0 Å².